The van der Waals surface area contributed by atoms with Gasteiger partial charge in [0.05, 0.1) is 35.8 Å². The van der Waals surface area contributed by atoms with Crippen molar-refractivity contribution in [2.24, 2.45) is 0 Å². The number of halogens is 3. The van der Waals surface area contributed by atoms with Gasteiger partial charge in [0.2, 0.25) is 5.95 Å². The molecule has 0 spiro atoms. The number of rotatable bonds is 5. The van der Waals surface area contributed by atoms with Gasteiger partial charge in [0.1, 0.15) is 0 Å². The molecular formula is C18H14F3N5O2. The molecule has 1 aromatic heterocycles. The molecule has 0 unspecified atom stereocenters. The Morgan fingerprint density at radius 1 is 1.00 bits per heavy atom. The van der Waals surface area contributed by atoms with E-state index < -0.39 is 17.7 Å². The molecule has 0 saturated heterocycles. The minimum atomic E-state index is -4.54. The van der Waals surface area contributed by atoms with Crippen LogP contribution in [0, 0.1) is 0 Å². The summed E-state index contributed by atoms with van der Waals surface area (Å²) in [6.45, 7) is 0. The molecule has 3 rings (SSSR count). The monoisotopic (exact) mass is 389 g/mol. The van der Waals surface area contributed by atoms with Crippen molar-refractivity contribution >= 4 is 29.1 Å². The van der Waals surface area contributed by atoms with Crippen molar-refractivity contribution in [1.82, 2.24) is 15.2 Å². The zero-order valence-electron chi connectivity index (χ0n) is 14.5. The largest absolute Gasteiger partial charge is 0.465 e. The van der Waals surface area contributed by atoms with Gasteiger partial charge < -0.3 is 15.4 Å². The molecule has 144 valence electrons. The van der Waals surface area contributed by atoms with Crippen LogP contribution in [0.1, 0.15) is 15.9 Å². The number of esters is 1. The molecule has 28 heavy (non-hydrogen) atoms. The van der Waals surface area contributed by atoms with Gasteiger partial charge >= 0.3 is 12.1 Å². The van der Waals surface area contributed by atoms with Crippen molar-refractivity contribution in [2.75, 3.05) is 17.7 Å². The van der Waals surface area contributed by atoms with E-state index in [1.165, 1.54) is 31.5 Å². The number of alkyl halides is 3. The molecule has 1 heterocycles. The van der Waals surface area contributed by atoms with E-state index in [2.05, 4.69) is 25.8 Å². The number of nitrogens with one attached hydrogen (secondary N) is 2. The summed E-state index contributed by atoms with van der Waals surface area (Å²) in [6, 6.07) is 11.5. The molecule has 10 heteroatoms. The molecule has 0 aliphatic heterocycles. The standard InChI is InChI=1S/C18H14F3N5O2/c1-28-16(27)11-6-2-4-8-13(11)23-15-10-22-26-17(25-15)24-14-9-5-3-7-12(14)18(19,20)21/h2-10H,1H3,(H2,23,24,25,26). The number of anilines is 4. The van der Waals surface area contributed by atoms with Crippen LogP contribution >= 0.6 is 0 Å². The Morgan fingerprint density at radius 2 is 1.68 bits per heavy atom. The molecule has 0 atom stereocenters. The summed E-state index contributed by atoms with van der Waals surface area (Å²) in [5, 5.41) is 12.8. The summed E-state index contributed by atoms with van der Waals surface area (Å²) in [6.07, 6.45) is -3.26. The fourth-order valence-corrected chi connectivity index (χ4v) is 2.39. The number of para-hydroxylation sites is 2. The number of nitrogens with zero attached hydrogens (tertiary/aromatic N) is 3. The van der Waals surface area contributed by atoms with Crippen LogP contribution in [0.4, 0.5) is 36.3 Å². The fourth-order valence-electron chi connectivity index (χ4n) is 2.39. The fraction of sp³-hybridized carbons (Fsp3) is 0.111. The van der Waals surface area contributed by atoms with Gasteiger partial charge in [-0.2, -0.15) is 23.3 Å². The molecule has 0 aliphatic carbocycles. The molecule has 2 N–H and O–H groups in total. The molecule has 0 saturated carbocycles. The van der Waals surface area contributed by atoms with Gasteiger partial charge in [0.25, 0.3) is 0 Å². The van der Waals surface area contributed by atoms with E-state index in [4.69, 9.17) is 4.74 Å². The van der Waals surface area contributed by atoms with Gasteiger partial charge in [-0.1, -0.05) is 24.3 Å². The average molecular weight is 389 g/mol. The molecule has 0 aliphatic rings. The average Bonchev–Trinajstić information content (AvgIpc) is 2.68. The van der Waals surface area contributed by atoms with Crippen LogP contribution in [0.3, 0.4) is 0 Å². The first-order valence-corrected chi connectivity index (χ1v) is 7.96. The number of carbonyl (C=O) groups is 1. The molecular weight excluding hydrogens is 375 g/mol. The van der Waals surface area contributed by atoms with Gasteiger partial charge in [-0.3, -0.25) is 0 Å². The summed E-state index contributed by atoms with van der Waals surface area (Å²) < 4.78 is 44.1. The smallest absolute Gasteiger partial charge is 0.418 e. The third-order valence-electron chi connectivity index (χ3n) is 3.63. The highest BCUT2D eigenvalue weighted by Crippen LogP contribution is 2.35. The zero-order valence-corrected chi connectivity index (χ0v) is 14.5. The SMILES string of the molecule is COC(=O)c1ccccc1Nc1cnnc(Nc2ccccc2C(F)(F)F)n1. The number of benzene rings is 2. The summed E-state index contributed by atoms with van der Waals surface area (Å²) in [5.74, 6) is -0.516. The highest BCUT2D eigenvalue weighted by Gasteiger charge is 2.33. The Hall–Kier alpha value is -3.69. The molecule has 7 nitrogen and oxygen atoms in total. The van der Waals surface area contributed by atoms with E-state index in [1.807, 2.05) is 0 Å². The highest BCUT2D eigenvalue weighted by atomic mass is 19.4. The molecule has 0 fully saturated rings. The lowest BCUT2D eigenvalue weighted by Gasteiger charge is -2.14. The lowest BCUT2D eigenvalue weighted by Crippen LogP contribution is -2.10. The number of hydrogen-bond acceptors (Lipinski definition) is 7. The van der Waals surface area contributed by atoms with Crippen LogP contribution in [0.2, 0.25) is 0 Å². The Balaban J connectivity index is 1.86. The van der Waals surface area contributed by atoms with Crippen molar-refractivity contribution in [3.63, 3.8) is 0 Å². The Bertz CT molecular complexity index is 995. The van der Waals surface area contributed by atoms with Crippen molar-refractivity contribution in [2.45, 2.75) is 6.18 Å². The second kappa shape index (κ2) is 7.91. The predicted octanol–water partition coefficient (Wildman–Crippen LogP) is 4.16. The number of methoxy groups -OCH3 is 1. The Labute approximate surface area is 157 Å². The maximum absolute atomic E-state index is 13.1. The van der Waals surface area contributed by atoms with Crippen molar-refractivity contribution < 1.29 is 22.7 Å². The van der Waals surface area contributed by atoms with E-state index >= 15 is 0 Å². The van der Waals surface area contributed by atoms with Gasteiger partial charge in [-0.05, 0) is 24.3 Å². The van der Waals surface area contributed by atoms with Crippen LogP contribution in [0.25, 0.3) is 0 Å². The quantitative estimate of drug-likeness (QED) is 0.633. The van der Waals surface area contributed by atoms with E-state index in [0.717, 1.165) is 6.07 Å². The van der Waals surface area contributed by atoms with Crippen molar-refractivity contribution in [3.05, 3.63) is 65.9 Å². The Kier molecular flexibility index (Phi) is 5.39. The number of ether oxygens (including phenoxy) is 1. The number of carbonyl (C=O) groups excluding carboxylic acids is 1. The molecule has 0 radical (unpaired) electrons. The Morgan fingerprint density at radius 3 is 2.39 bits per heavy atom. The van der Waals surface area contributed by atoms with Crippen LogP contribution in [0.5, 0.6) is 0 Å². The van der Waals surface area contributed by atoms with Crippen molar-refractivity contribution in [1.29, 1.82) is 0 Å². The van der Waals surface area contributed by atoms with Gasteiger partial charge in [-0.25, -0.2) is 4.79 Å². The second-order valence-electron chi connectivity index (χ2n) is 5.50. The van der Waals surface area contributed by atoms with Crippen LogP contribution in [-0.4, -0.2) is 28.3 Å². The first kappa shape index (κ1) is 19.1. The van der Waals surface area contributed by atoms with Crippen molar-refractivity contribution in [3.8, 4) is 0 Å². The van der Waals surface area contributed by atoms with Crippen LogP contribution in [0.15, 0.2) is 54.7 Å². The zero-order chi connectivity index (χ0) is 20.1. The summed E-state index contributed by atoms with van der Waals surface area (Å²) >= 11 is 0. The van der Waals surface area contributed by atoms with Crippen LogP contribution in [-0.2, 0) is 10.9 Å². The summed E-state index contributed by atoms with van der Waals surface area (Å²) in [7, 11) is 1.26. The molecule has 0 bridgehead atoms. The predicted molar refractivity (Wildman–Crippen MR) is 95.6 cm³/mol. The van der Waals surface area contributed by atoms with E-state index in [1.54, 1.807) is 24.3 Å². The molecule has 3 aromatic rings. The third-order valence-corrected chi connectivity index (χ3v) is 3.63. The number of hydrogen-bond donors (Lipinski definition) is 2. The third kappa shape index (κ3) is 4.34. The van der Waals surface area contributed by atoms with E-state index in [9.17, 15) is 18.0 Å². The lowest BCUT2D eigenvalue weighted by atomic mass is 10.1. The first-order valence-electron chi connectivity index (χ1n) is 7.96. The second-order valence-corrected chi connectivity index (χ2v) is 5.50. The molecule has 0 amide bonds. The highest BCUT2D eigenvalue weighted by molar-refractivity contribution is 5.96. The van der Waals surface area contributed by atoms with Gasteiger partial charge in [-0.15, -0.1) is 5.10 Å². The van der Waals surface area contributed by atoms with E-state index in [0.29, 0.717) is 5.69 Å². The topological polar surface area (TPSA) is 89.0 Å². The van der Waals surface area contributed by atoms with Crippen LogP contribution < -0.4 is 10.6 Å². The number of aromatic nitrogens is 3. The maximum atomic E-state index is 13.1. The normalized spacial score (nSPS) is 11.0. The molecule has 2 aromatic carbocycles. The summed E-state index contributed by atoms with van der Waals surface area (Å²) in [4.78, 5) is 15.9. The minimum absolute atomic E-state index is 0.141. The summed E-state index contributed by atoms with van der Waals surface area (Å²) in [5.41, 5.74) is -0.394. The van der Waals surface area contributed by atoms with E-state index in [-0.39, 0.29) is 23.0 Å². The first-order chi connectivity index (χ1) is 13.4. The van der Waals surface area contributed by atoms with Gasteiger partial charge in [0.15, 0.2) is 5.82 Å². The minimum Gasteiger partial charge on any atom is -0.465 e. The maximum Gasteiger partial charge on any atom is 0.418 e. The lowest BCUT2D eigenvalue weighted by molar-refractivity contribution is -0.136. The van der Waals surface area contributed by atoms with Gasteiger partial charge in [0, 0.05) is 0 Å².